The molecule has 120 valence electrons. The van der Waals surface area contributed by atoms with E-state index in [4.69, 9.17) is 0 Å². The summed E-state index contributed by atoms with van der Waals surface area (Å²) in [6.45, 7) is 4.83. The molecule has 0 bridgehead atoms. The number of halogens is 3. The van der Waals surface area contributed by atoms with Crippen LogP contribution in [0, 0.1) is 0 Å². The number of nitrogens with one attached hydrogen (secondary N) is 1. The molecule has 1 saturated heterocycles. The maximum atomic E-state index is 12.9. The number of likely N-dealkylation sites (N-methyl/N-ethyl adjacent to an activating group) is 1. The third-order valence-corrected chi connectivity index (χ3v) is 3.85. The summed E-state index contributed by atoms with van der Waals surface area (Å²) >= 11 is 0. The predicted molar refractivity (Wildman–Crippen MR) is 74.5 cm³/mol. The van der Waals surface area contributed by atoms with E-state index in [0.717, 1.165) is 38.5 Å². The van der Waals surface area contributed by atoms with Crippen LogP contribution in [-0.4, -0.2) is 50.2 Å². The minimum atomic E-state index is -4.51. The Bertz CT molecular complexity index is 653. The molecule has 3 heterocycles. The van der Waals surface area contributed by atoms with Crippen LogP contribution in [0.1, 0.15) is 25.5 Å². The van der Waals surface area contributed by atoms with E-state index in [0.29, 0.717) is 0 Å². The van der Waals surface area contributed by atoms with Crippen LogP contribution >= 0.6 is 0 Å². The molecule has 1 aliphatic rings. The van der Waals surface area contributed by atoms with Crippen molar-refractivity contribution in [3.63, 3.8) is 0 Å². The van der Waals surface area contributed by atoms with Crippen LogP contribution in [0.25, 0.3) is 5.78 Å². The maximum absolute atomic E-state index is 12.9. The van der Waals surface area contributed by atoms with Crippen LogP contribution < -0.4 is 5.32 Å². The first-order chi connectivity index (χ1) is 10.5. The van der Waals surface area contributed by atoms with E-state index in [1.165, 1.54) is 10.8 Å². The molecule has 1 atom stereocenters. The predicted octanol–water partition coefficient (Wildman–Crippen LogP) is 2.04. The fraction of sp³-hybridized carbons (Fsp3) is 0.615. The smallest absolute Gasteiger partial charge is 0.366 e. The lowest BCUT2D eigenvalue weighted by molar-refractivity contribution is -0.141. The molecule has 6 nitrogen and oxygen atoms in total. The topological polar surface area (TPSA) is 58.3 Å². The van der Waals surface area contributed by atoms with Gasteiger partial charge in [-0.1, -0.05) is 6.92 Å². The lowest BCUT2D eigenvalue weighted by atomic mass is 10.1. The average molecular weight is 314 g/mol. The van der Waals surface area contributed by atoms with Gasteiger partial charge < -0.3 is 10.2 Å². The van der Waals surface area contributed by atoms with Gasteiger partial charge in [0.05, 0.1) is 0 Å². The average Bonchev–Trinajstić information content (AvgIpc) is 2.95. The summed E-state index contributed by atoms with van der Waals surface area (Å²) in [6, 6.07) is 1.08. The fourth-order valence-electron chi connectivity index (χ4n) is 2.73. The van der Waals surface area contributed by atoms with E-state index in [2.05, 4.69) is 32.2 Å². The maximum Gasteiger partial charge on any atom is 0.433 e. The first-order valence-electron chi connectivity index (χ1n) is 7.24. The van der Waals surface area contributed by atoms with Crippen molar-refractivity contribution in [2.75, 3.05) is 25.0 Å². The highest BCUT2D eigenvalue weighted by molar-refractivity contribution is 5.46. The second-order valence-electron chi connectivity index (χ2n) is 5.37. The van der Waals surface area contributed by atoms with Crippen molar-refractivity contribution in [1.82, 2.24) is 24.5 Å². The van der Waals surface area contributed by atoms with Gasteiger partial charge in [0.1, 0.15) is 12.1 Å². The number of piperidine rings is 1. The highest BCUT2D eigenvalue weighted by atomic mass is 19.4. The second kappa shape index (κ2) is 5.71. The Morgan fingerprint density at radius 1 is 1.41 bits per heavy atom. The summed E-state index contributed by atoms with van der Waals surface area (Å²) in [4.78, 5) is 9.54. The Morgan fingerprint density at radius 3 is 2.95 bits per heavy atom. The third-order valence-electron chi connectivity index (χ3n) is 3.85. The second-order valence-corrected chi connectivity index (χ2v) is 5.37. The number of aromatic nitrogens is 4. The Labute approximate surface area is 125 Å². The van der Waals surface area contributed by atoms with Crippen molar-refractivity contribution in [3.05, 3.63) is 18.1 Å². The monoisotopic (exact) mass is 314 g/mol. The zero-order chi connectivity index (χ0) is 15.7. The SMILES string of the molecule is CCN1CCC[C@H](Nc2cc(C(F)(F)F)nc3ncnn23)C1. The Hall–Kier alpha value is -1.90. The van der Waals surface area contributed by atoms with Gasteiger partial charge in [0.25, 0.3) is 5.78 Å². The molecule has 0 saturated carbocycles. The van der Waals surface area contributed by atoms with E-state index >= 15 is 0 Å². The molecule has 1 aliphatic heterocycles. The molecule has 0 aliphatic carbocycles. The Kier molecular flexibility index (Phi) is 3.90. The molecule has 2 aromatic rings. The molecule has 2 aromatic heterocycles. The quantitative estimate of drug-likeness (QED) is 0.939. The standard InChI is InChI=1S/C13H17F3N6/c1-2-21-5-3-4-9(7-21)19-11-6-10(13(14,15)16)20-12-17-8-18-22(11)12/h6,8-9,19H,2-5,7H2,1H3/t9-/m0/s1. The number of hydrogen-bond donors (Lipinski definition) is 1. The lowest BCUT2D eigenvalue weighted by Gasteiger charge is -2.32. The van der Waals surface area contributed by atoms with Crippen LogP contribution in [0.15, 0.2) is 12.4 Å². The number of likely N-dealkylation sites (tertiary alicyclic amines) is 1. The first-order valence-corrected chi connectivity index (χ1v) is 7.24. The fourth-order valence-corrected chi connectivity index (χ4v) is 2.73. The van der Waals surface area contributed by atoms with E-state index < -0.39 is 11.9 Å². The van der Waals surface area contributed by atoms with E-state index in [9.17, 15) is 13.2 Å². The largest absolute Gasteiger partial charge is 0.433 e. The molecule has 0 unspecified atom stereocenters. The van der Waals surface area contributed by atoms with Crippen molar-refractivity contribution >= 4 is 11.6 Å². The molecule has 22 heavy (non-hydrogen) atoms. The summed E-state index contributed by atoms with van der Waals surface area (Å²) in [7, 11) is 0. The Morgan fingerprint density at radius 2 is 2.23 bits per heavy atom. The van der Waals surface area contributed by atoms with Crippen molar-refractivity contribution in [2.24, 2.45) is 0 Å². The molecular weight excluding hydrogens is 297 g/mol. The van der Waals surface area contributed by atoms with Crippen molar-refractivity contribution in [2.45, 2.75) is 32.0 Å². The van der Waals surface area contributed by atoms with Gasteiger partial charge >= 0.3 is 6.18 Å². The van der Waals surface area contributed by atoms with Gasteiger partial charge in [-0.15, -0.1) is 0 Å². The van der Waals surface area contributed by atoms with Crippen molar-refractivity contribution in [3.8, 4) is 0 Å². The molecule has 0 spiro atoms. The van der Waals surface area contributed by atoms with Crippen LogP contribution in [0.4, 0.5) is 19.0 Å². The molecule has 0 radical (unpaired) electrons. The molecule has 1 N–H and O–H groups in total. The molecule has 0 amide bonds. The minimum absolute atomic E-state index is 0.0551. The molecule has 3 rings (SSSR count). The number of alkyl halides is 3. The highest BCUT2D eigenvalue weighted by Crippen LogP contribution is 2.30. The van der Waals surface area contributed by atoms with E-state index in [-0.39, 0.29) is 17.6 Å². The van der Waals surface area contributed by atoms with Crippen LogP contribution in [0.2, 0.25) is 0 Å². The normalized spacial score (nSPS) is 20.5. The van der Waals surface area contributed by atoms with Gasteiger partial charge in [0.15, 0.2) is 5.69 Å². The van der Waals surface area contributed by atoms with Gasteiger partial charge in [0, 0.05) is 18.7 Å². The van der Waals surface area contributed by atoms with Gasteiger partial charge in [-0.2, -0.15) is 27.8 Å². The summed E-state index contributed by atoms with van der Waals surface area (Å²) in [6.07, 6.45) is -1.38. The van der Waals surface area contributed by atoms with Crippen molar-refractivity contribution < 1.29 is 13.2 Å². The van der Waals surface area contributed by atoms with Crippen LogP contribution in [0.5, 0.6) is 0 Å². The molecule has 0 aromatic carbocycles. The molecule has 9 heteroatoms. The number of fused-ring (bicyclic) bond motifs is 1. The highest BCUT2D eigenvalue weighted by Gasteiger charge is 2.34. The van der Waals surface area contributed by atoms with Crippen LogP contribution in [-0.2, 0) is 6.18 Å². The van der Waals surface area contributed by atoms with Crippen LogP contribution in [0.3, 0.4) is 0 Å². The van der Waals surface area contributed by atoms with Crippen molar-refractivity contribution in [1.29, 1.82) is 0 Å². The molecular formula is C13H17F3N6. The molecule has 1 fully saturated rings. The summed E-state index contributed by atoms with van der Waals surface area (Å²) in [5, 5.41) is 7.11. The summed E-state index contributed by atoms with van der Waals surface area (Å²) in [5.41, 5.74) is -0.960. The zero-order valence-corrected chi connectivity index (χ0v) is 12.1. The number of rotatable bonds is 3. The summed E-state index contributed by atoms with van der Waals surface area (Å²) in [5.74, 6) is 0.221. The van der Waals surface area contributed by atoms with Gasteiger partial charge in [-0.25, -0.2) is 4.98 Å². The zero-order valence-electron chi connectivity index (χ0n) is 12.1. The van der Waals surface area contributed by atoms with Gasteiger partial charge in [0.2, 0.25) is 0 Å². The van der Waals surface area contributed by atoms with Gasteiger partial charge in [-0.3, -0.25) is 0 Å². The Balaban J connectivity index is 1.90. The van der Waals surface area contributed by atoms with E-state index in [1.807, 2.05) is 0 Å². The first kappa shape index (κ1) is 15.0. The third kappa shape index (κ3) is 2.99. The lowest BCUT2D eigenvalue weighted by Crippen LogP contribution is -2.42. The number of nitrogens with zero attached hydrogens (tertiary/aromatic N) is 5. The minimum Gasteiger partial charge on any atom is -0.366 e. The summed E-state index contributed by atoms with van der Waals surface area (Å²) < 4.78 is 40.1. The number of anilines is 1. The number of hydrogen-bond acceptors (Lipinski definition) is 5. The van der Waals surface area contributed by atoms with E-state index in [1.54, 1.807) is 0 Å². The van der Waals surface area contributed by atoms with Gasteiger partial charge in [-0.05, 0) is 25.9 Å².